The molecule has 0 saturated heterocycles. The normalized spacial score (nSPS) is 10.0. The van der Waals surface area contributed by atoms with Gasteiger partial charge in [-0.25, -0.2) is 0 Å². The minimum atomic E-state index is 0.0104. The molecule has 0 unspecified atom stereocenters. The minimum absolute atomic E-state index is 0.0104. The molecule has 86 valence electrons. The smallest absolute Gasteiger partial charge is 0.258 e. The fourth-order valence-electron chi connectivity index (χ4n) is 1.73. The van der Waals surface area contributed by atoms with Crippen LogP contribution >= 0.6 is 0 Å². The maximum absolute atomic E-state index is 12.2. The Kier molecular flexibility index (Phi) is 3.24. The lowest BCUT2D eigenvalue weighted by Gasteiger charge is -2.17. The molecule has 2 aromatic carbocycles. The zero-order chi connectivity index (χ0) is 12.3. The van der Waals surface area contributed by atoms with Crippen molar-refractivity contribution in [3.8, 4) is 0 Å². The molecule has 0 heterocycles. The molecule has 0 atom stereocenters. The first kappa shape index (κ1) is 11.4. The van der Waals surface area contributed by atoms with Crippen molar-refractivity contribution >= 4 is 11.6 Å². The van der Waals surface area contributed by atoms with E-state index in [1.54, 1.807) is 11.9 Å². The molecule has 0 aliphatic rings. The van der Waals surface area contributed by atoms with Gasteiger partial charge >= 0.3 is 0 Å². The highest BCUT2D eigenvalue weighted by Gasteiger charge is 2.12. The number of nitrogens with zero attached hydrogens (tertiary/aromatic N) is 1. The molecule has 2 rings (SSSR count). The second-order valence-corrected chi connectivity index (χ2v) is 4.07. The van der Waals surface area contributed by atoms with Gasteiger partial charge in [-0.05, 0) is 36.8 Å². The van der Waals surface area contributed by atoms with E-state index in [1.165, 1.54) is 0 Å². The van der Waals surface area contributed by atoms with Crippen LogP contribution in [0.4, 0.5) is 5.69 Å². The van der Waals surface area contributed by atoms with E-state index in [4.69, 9.17) is 0 Å². The lowest BCUT2D eigenvalue weighted by Crippen LogP contribution is -2.26. The summed E-state index contributed by atoms with van der Waals surface area (Å²) in [6.07, 6.45) is 0. The maximum atomic E-state index is 12.2. The highest BCUT2D eigenvalue weighted by atomic mass is 16.2. The number of benzene rings is 2. The summed E-state index contributed by atoms with van der Waals surface area (Å²) in [6.45, 7) is 2.02. The van der Waals surface area contributed by atoms with Gasteiger partial charge in [0.05, 0.1) is 0 Å². The van der Waals surface area contributed by atoms with E-state index in [9.17, 15) is 4.79 Å². The van der Waals surface area contributed by atoms with Crippen molar-refractivity contribution in [2.75, 3.05) is 11.9 Å². The van der Waals surface area contributed by atoms with Crippen molar-refractivity contribution in [3.05, 3.63) is 65.7 Å². The summed E-state index contributed by atoms with van der Waals surface area (Å²) in [7, 11) is 1.80. The topological polar surface area (TPSA) is 20.3 Å². The number of carbonyl (C=O) groups is 1. The van der Waals surface area contributed by atoms with Crippen LogP contribution in [0.1, 0.15) is 15.9 Å². The zero-order valence-corrected chi connectivity index (χ0v) is 10.1. The van der Waals surface area contributed by atoms with E-state index >= 15 is 0 Å². The number of carbonyl (C=O) groups excluding carboxylic acids is 1. The average Bonchev–Trinajstić information content (AvgIpc) is 2.38. The van der Waals surface area contributed by atoms with Crippen LogP contribution < -0.4 is 4.90 Å². The van der Waals surface area contributed by atoms with Gasteiger partial charge in [0, 0.05) is 18.3 Å². The molecule has 0 aliphatic heterocycles. The first-order valence-corrected chi connectivity index (χ1v) is 5.58. The lowest BCUT2D eigenvalue weighted by atomic mass is 10.1. The Labute approximate surface area is 102 Å². The molecule has 17 heavy (non-hydrogen) atoms. The summed E-state index contributed by atoms with van der Waals surface area (Å²) >= 11 is 0. The number of hydrogen-bond acceptors (Lipinski definition) is 1. The molecular weight excluding hydrogens is 210 g/mol. The van der Waals surface area contributed by atoms with E-state index in [-0.39, 0.29) is 5.91 Å². The lowest BCUT2D eigenvalue weighted by molar-refractivity contribution is 0.0993. The first-order chi connectivity index (χ1) is 8.18. The van der Waals surface area contributed by atoms with Crippen molar-refractivity contribution in [2.24, 2.45) is 0 Å². The van der Waals surface area contributed by atoms with E-state index in [0.29, 0.717) is 5.56 Å². The van der Waals surface area contributed by atoms with Gasteiger partial charge in [0.2, 0.25) is 0 Å². The third kappa shape index (κ3) is 2.53. The Hall–Kier alpha value is -2.09. The van der Waals surface area contributed by atoms with Crippen LogP contribution in [0.3, 0.4) is 0 Å². The maximum Gasteiger partial charge on any atom is 0.258 e. The monoisotopic (exact) mass is 225 g/mol. The Balaban J connectivity index is 2.27. The van der Waals surface area contributed by atoms with Crippen molar-refractivity contribution in [2.45, 2.75) is 6.92 Å². The average molecular weight is 225 g/mol. The summed E-state index contributed by atoms with van der Waals surface area (Å²) in [5.74, 6) is 0.0104. The summed E-state index contributed by atoms with van der Waals surface area (Å²) in [4.78, 5) is 13.9. The van der Waals surface area contributed by atoms with Gasteiger partial charge in [-0.3, -0.25) is 4.79 Å². The van der Waals surface area contributed by atoms with Gasteiger partial charge in [0.25, 0.3) is 5.91 Å². The number of amides is 1. The van der Waals surface area contributed by atoms with E-state index in [1.807, 2.05) is 61.5 Å². The Morgan fingerprint density at radius 3 is 2.35 bits per heavy atom. The van der Waals surface area contributed by atoms with Crippen LogP contribution in [0.25, 0.3) is 0 Å². The van der Waals surface area contributed by atoms with Crippen LogP contribution in [0.15, 0.2) is 54.6 Å². The summed E-state index contributed by atoms with van der Waals surface area (Å²) < 4.78 is 0. The van der Waals surface area contributed by atoms with Gasteiger partial charge in [-0.1, -0.05) is 30.3 Å². The molecular formula is C15H15NO. The molecule has 0 bridgehead atoms. The van der Waals surface area contributed by atoms with Crippen LogP contribution in [0.2, 0.25) is 0 Å². The standard InChI is InChI=1S/C15H15NO/c1-12-7-6-10-14(11-12)16(2)15(17)13-8-4-3-5-9-13/h3-11H,1-2H3. The fraction of sp³-hybridized carbons (Fsp3) is 0.133. The molecule has 0 radical (unpaired) electrons. The number of rotatable bonds is 2. The zero-order valence-electron chi connectivity index (χ0n) is 10.1. The third-order valence-corrected chi connectivity index (χ3v) is 2.71. The van der Waals surface area contributed by atoms with Crippen molar-refractivity contribution in [1.82, 2.24) is 0 Å². The molecule has 0 spiro atoms. The Morgan fingerprint density at radius 1 is 1.00 bits per heavy atom. The third-order valence-electron chi connectivity index (χ3n) is 2.71. The highest BCUT2D eigenvalue weighted by Crippen LogP contribution is 2.16. The molecule has 0 aromatic heterocycles. The van der Waals surface area contributed by atoms with Gasteiger partial charge in [0.15, 0.2) is 0 Å². The number of hydrogen-bond donors (Lipinski definition) is 0. The van der Waals surface area contributed by atoms with Gasteiger partial charge < -0.3 is 4.90 Å². The molecule has 0 N–H and O–H groups in total. The molecule has 1 amide bonds. The van der Waals surface area contributed by atoms with E-state index in [0.717, 1.165) is 11.3 Å². The van der Waals surface area contributed by atoms with Gasteiger partial charge in [0.1, 0.15) is 0 Å². The van der Waals surface area contributed by atoms with Crippen molar-refractivity contribution < 1.29 is 4.79 Å². The van der Waals surface area contributed by atoms with Gasteiger partial charge in [-0.15, -0.1) is 0 Å². The highest BCUT2D eigenvalue weighted by molar-refractivity contribution is 6.05. The predicted octanol–water partition coefficient (Wildman–Crippen LogP) is 3.27. The predicted molar refractivity (Wildman–Crippen MR) is 70.4 cm³/mol. The summed E-state index contributed by atoms with van der Waals surface area (Å²) in [5.41, 5.74) is 2.77. The molecule has 0 fully saturated rings. The number of aryl methyl sites for hydroxylation is 1. The molecule has 2 heteroatoms. The number of anilines is 1. The Bertz CT molecular complexity index is 519. The molecule has 0 aliphatic carbocycles. The summed E-state index contributed by atoms with van der Waals surface area (Å²) in [5, 5.41) is 0. The quantitative estimate of drug-likeness (QED) is 0.768. The largest absolute Gasteiger partial charge is 0.311 e. The second-order valence-electron chi connectivity index (χ2n) is 4.07. The first-order valence-electron chi connectivity index (χ1n) is 5.58. The van der Waals surface area contributed by atoms with E-state index in [2.05, 4.69) is 0 Å². The van der Waals surface area contributed by atoms with Crippen LogP contribution in [0, 0.1) is 6.92 Å². The summed E-state index contributed by atoms with van der Waals surface area (Å²) in [6, 6.07) is 17.2. The van der Waals surface area contributed by atoms with Gasteiger partial charge in [-0.2, -0.15) is 0 Å². The molecule has 0 saturated carbocycles. The van der Waals surface area contributed by atoms with Crippen LogP contribution in [-0.2, 0) is 0 Å². The SMILES string of the molecule is Cc1cccc(N(C)C(=O)c2ccccc2)c1. The van der Waals surface area contributed by atoms with Crippen LogP contribution in [-0.4, -0.2) is 13.0 Å². The Morgan fingerprint density at radius 2 is 1.71 bits per heavy atom. The fourth-order valence-corrected chi connectivity index (χ4v) is 1.73. The van der Waals surface area contributed by atoms with E-state index < -0.39 is 0 Å². The minimum Gasteiger partial charge on any atom is -0.311 e. The van der Waals surface area contributed by atoms with Crippen molar-refractivity contribution in [3.63, 3.8) is 0 Å². The van der Waals surface area contributed by atoms with Crippen LogP contribution in [0.5, 0.6) is 0 Å². The van der Waals surface area contributed by atoms with Crippen molar-refractivity contribution in [1.29, 1.82) is 0 Å². The molecule has 2 aromatic rings. The molecule has 2 nitrogen and oxygen atoms in total. The second kappa shape index (κ2) is 4.83.